The number of ether oxygens (including phenoxy) is 1. The van der Waals surface area contributed by atoms with Gasteiger partial charge in [-0.3, -0.25) is 0 Å². The third-order valence-electron chi connectivity index (χ3n) is 6.40. The van der Waals surface area contributed by atoms with Crippen molar-refractivity contribution in [2.24, 2.45) is 5.92 Å². The molecule has 2 aromatic rings. The molecule has 0 unspecified atom stereocenters. The Morgan fingerprint density at radius 1 is 0.970 bits per heavy atom. The molecule has 0 amide bonds. The topological polar surface area (TPSA) is 9.23 Å². The van der Waals surface area contributed by atoms with E-state index < -0.39 is 23.3 Å². The quantitative estimate of drug-likeness (QED) is 0.256. The molecule has 1 aliphatic rings. The first-order valence-electron chi connectivity index (χ1n) is 11.7. The Bertz CT molecular complexity index is 918. The van der Waals surface area contributed by atoms with Crippen molar-refractivity contribution in [1.29, 1.82) is 0 Å². The van der Waals surface area contributed by atoms with E-state index in [2.05, 4.69) is 17.4 Å². The molecule has 5 heteroatoms. The van der Waals surface area contributed by atoms with E-state index in [4.69, 9.17) is 0 Å². The molecule has 0 N–H and O–H groups in total. The van der Waals surface area contributed by atoms with Gasteiger partial charge in [0.2, 0.25) is 0 Å². The third-order valence-corrected chi connectivity index (χ3v) is 6.40. The predicted octanol–water partition coefficient (Wildman–Crippen LogP) is 8.24. The summed E-state index contributed by atoms with van der Waals surface area (Å²) in [5.41, 5.74) is 1.08. The van der Waals surface area contributed by atoms with E-state index in [0.29, 0.717) is 11.5 Å². The van der Waals surface area contributed by atoms with Gasteiger partial charge >= 0.3 is 6.11 Å². The van der Waals surface area contributed by atoms with E-state index in [0.717, 1.165) is 61.8 Å². The highest BCUT2D eigenvalue weighted by atomic mass is 19.3. The monoisotopic (exact) mass is 460 g/mol. The molecule has 1 saturated carbocycles. The van der Waals surface area contributed by atoms with Gasteiger partial charge in [-0.25, -0.2) is 8.78 Å². The molecule has 0 aromatic heterocycles. The minimum atomic E-state index is -4.04. The summed E-state index contributed by atoms with van der Waals surface area (Å²) in [6.45, 7) is 5.31. The second-order valence-electron chi connectivity index (χ2n) is 8.76. The van der Waals surface area contributed by atoms with Crippen LogP contribution in [0.15, 0.2) is 61.2 Å². The van der Waals surface area contributed by atoms with Gasteiger partial charge < -0.3 is 4.74 Å². The highest BCUT2D eigenvalue weighted by molar-refractivity contribution is 5.31. The SMILES string of the molecule is C=CCCc1ccc(CCOC(F)(F)c2c(F)cc(C3CCC(C=CC)CC3)cc2F)cc1. The van der Waals surface area contributed by atoms with Crippen LogP contribution in [-0.4, -0.2) is 6.61 Å². The lowest BCUT2D eigenvalue weighted by molar-refractivity contribution is -0.251. The van der Waals surface area contributed by atoms with Crippen LogP contribution < -0.4 is 0 Å². The van der Waals surface area contributed by atoms with Crippen LogP contribution in [0.2, 0.25) is 0 Å². The van der Waals surface area contributed by atoms with Crippen molar-refractivity contribution in [3.8, 4) is 0 Å². The lowest BCUT2D eigenvalue weighted by Crippen LogP contribution is -2.24. The fraction of sp³-hybridized carbons (Fsp3) is 0.429. The summed E-state index contributed by atoms with van der Waals surface area (Å²) in [6, 6.07) is 9.67. The van der Waals surface area contributed by atoms with Gasteiger partial charge in [0, 0.05) is 0 Å². The number of hydrogen-bond donors (Lipinski definition) is 0. The molecule has 33 heavy (non-hydrogen) atoms. The minimum absolute atomic E-state index is 0.0199. The lowest BCUT2D eigenvalue weighted by Gasteiger charge is -2.28. The minimum Gasteiger partial charge on any atom is -0.316 e. The number of halogens is 4. The summed E-state index contributed by atoms with van der Waals surface area (Å²) in [7, 11) is 0. The molecule has 0 atom stereocenters. The van der Waals surface area contributed by atoms with Gasteiger partial charge in [-0.2, -0.15) is 8.78 Å². The molecule has 0 radical (unpaired) electrons. The maximum atomic E-state index is 14.6. The Hall–Kier alpha value is -2.40. The number of allylic oxidation sites excluding steroid dienone is 3. The molecule has 1 aliphatic carbocycles. The first-order chi connectivity index (χ1) is 15.8. The Morgan fingerprint density at radius 2 is 1.55 bits per heavy atom. The van der Waals surface area contributed by atoms with Crippen molar-refractivity contribution >= 4 is 0 Å². The fourth-order valence-corrected chi connectivity index (χ4v) is 4.53. The van der Waals surface area contributed by atoms with E-state index in [9.17, 15) is 17.6 Å². The van der Waals surface area contributed by atoms with Crippen molar-refractivity contribution in [1.82, 2.24) is 0 Å². The summed E-state index contributed by atoms with van der Waals surface area (Å²) in [5, 5.41) is 0. The second kappa shape index (κ2) is 11.6. The van der Waals surface area contributed by atoms with Crippen molar-refractivity contribution in [2.45, 2.75) is 63.9 Å². The molecule has 178 valence electrons. The van der Waals surface area contributed by atoms with E-state index in [1.165, 1.54) is 0 Å². The Morgan fingerprint density at radius 3 is 2.09 bits per heavy atom. The molecule has 0 bridgehead atoms. The van der Waals surface area contributed by atoms with Crippen molar-refractivity contribution in [2.75, 3.05) is 6.61 Å². The maximum Gasteiger partial charge on any atom is 0.389 e. The van der Waals surface area contributed by atoms with Gasteiger partial charge in [0.25, 0.3) is 0 Å². The summed E-state index contributed by atoms with van der Waals surface area (Å²) in [4.78, 5) is 0. The highest BCUT2D eigenvalue weighted by Crippen LogP contribution is 2.40. The van der Waals surface area contributed by atoms with E-state index in [-0.39, 0.29) is 18.9 Å². The summed E-state index contributed by atoms with van der Waals surface area (Å²) in [5.74, 6) is -2.05. The first-order valence-corrected chi connectivity index (χ1v) is 11.7. The summed E-state index contributed by atoms with van der Waals surface area (Å²) < 4.78 is 63.1. The zero-order valence-electron chi connectivity index (χ0n) is 19.1. The molecule has 0 saturated heterocycles. The number of aryl methyl sites for hydroxylation is 1. The Balaban J connectivity index is 1.61. The average Bonchev–Trinajstić information content (AvgIpc) is 2.78. The van der Waals surface area contributed by atoms with Gasteiger partial charge in [0.15, 0.2) is 0 Å². The van der Waals surface area contributed by atoms with Gasteiger partial charge in [-0.15, -0.1) is 6.58 Å². The normalized spacial score (nSPS) is 19.2. The summed E-state index contributed by atoms with van der Waals surface area (Å²) >= 11 is 0. The largest absolute Gasteiger partial charge is 0.389 e. The molecular formula is C28H32F4O. The third kappa shape index (κ3) is 6.80. The van der Waals surface area contributed by atoms with Crippen molar-refractivity contribution in [3.05, 3.63) is 95.1 Å². The van der Waals surface area contributed by atoms with Crippen molar-refractivity contribution < 1.29 is 22.3 Å². The highest BCUT2D eigenvalue weighted by Gasteiger charge is 2.40. The van der Waals surface area contributed by atoms with Crippen LogP contribution in [0.4, 0.5) is 17.6 Å². The van der Waals surface area contributed by atoms with E-state index in [1.807, 2.05) is 43.3 Å². The number of rotatable bonds is 10. The standard InChI is InChI=1S/C28H32F4O/c1-3-5-7-21-8-10-22(11-9-21)16-17-33-28(31,32)27-25(29)18-24(19-26(27)30)23-14-12-20(6-4-2)13-15-23/h3-4,6,8-11,18-20,23H,1,5,7,12-17H2,2H3. The number of hydrogen-bond acceptors (Lipinski definition) is 1. The molecule has 1 fully saturated rings. The first kappa shape index (κ1) is 25.2. The van der Waals surface area contributed by atoms with Gasteiger partial charge in [0.05, 0.1) is 6.61 Å². The maximum absolute atomic E-state index is 14.6. The predicted molar refractivity (Wildman–Crippen MR) is 124 cm³/mol. The molecule has 0 aliphatic heterocycles. The zero-order chi connectivity index (χ0) is 23.8. The molecule has 2 aromatic carbocycles. The van der Waals surface area contributed by atoms with E-state index >= 15 is 0 Å². The number of benzene rings is 2. The molecule has 0 spiro atoms. The van der Waals surface area contributed by atoms with Crippen LogP contribution in [0.5, 0.6) is 0 Å². The lowest BCUT2D eigenvalue weighted by atomic mass is 9.78. The van der Waals surface area contributed by atoms with Gasteiger partial charge in [-0.05, 0) is 92.5 Å². The van der Waals surface area contributed by atoms with E-state index in [1.54, 1.807) is 0 Å². The number of alkyl halides is 2. The second-order valence-corrected chi connectivity index (χ2v) is 8.76. The van der Waals surface area contributed by atoms with Crippen LogP contribution in [0.3, 0.4) is 0 Å². The fourth-order valence-electron chi connectivity index (χ4n) is 4.53. The Kier molecular flexibility index (Phi) is 8.90. The van der Waals surface area contributed by atoms with Crippen LogP contribution >= 0.6 is 0 Å². The van der Waals surface area contributed by atoms with Gasteiger partial charge in [-0.1, -0.05) is 42.5 Å². The summed E-state index contributed by atoms with van der Waals surface area (Å²) in [6.07, 6.45) is 7.32. The molecule has 3 rings (SSSR count). The Labute approximate surface area is 194 Å². The average molecular weight is 461 g/mol. The zero-order valence-corrected chi connectivity index (χ0v) is 19.1. The smallest absolute Gasteiger partial charge is 0.316 e. The molecule has 0 heterocycles. The van der Waals surface area contributed by atoms with Crippen LogP contribution in [0.25, 0.3) is 0 Å². The molecular weight excluding hydrogens is 428 g/mol. The molecule has 1 nitrogen and oxygen atoms in total. The van der Waals surface area contributed by atoms with Crippen LogP contribution in [0, 0.1) is 17.6 Å². The van der Waals surface area contributed by atoms with Crippen LogP contribution in [-0.2, 0) is 23.7 Å². The van der Waals surface area contributed by atoms with Gasteiger partial charge in [0.1, 0.15) is 17.2 Å². The van der Waals surface area contributed by atoms with Crippen LogP contribution in [0.1, 0.15) is 67.2 Å². The van der Waals surface area contributed by atoms with Crippen molar-refractivity contribution in [3.63, 3.8) is 0 Å².